The highest BCUT2D eigenvalue weighted by atomic mass is 16.5. The van der Waals surface area contributed by atoms with E-state index < -0.39 is 5.91 Å². The minimum Gasteiger partial charge on any atom is -0.492 e. The first-order valence-electron chi connectivity index (χ1n) is 8.08. The number of fused-ring (bicyclic) bond motifs is 1. The van der Waals surface area contributed by atoms with Gasteiger partial charge in [-0.05, 0) is 23.4 Å². The SMILES string of the molecule is NC(=O)c1c(-c2nn[nH]n2)c2ccccc2n1CCOc1ccccc1. The number of hydrogen-bond acceptors (Lipinski definition) is 5. The Hall–Kier alpha value is -3.68. The number of rotatable bonds is 6. The fraction of sp³-hybridized carbons (Fsp3) is 0.111. The summed E-state index contributed by atoms with van der Waals surface area (Å²) in [5, 5.41) is 14.9. The van der Waals surface area contributed by atoms with E-state index >= 15 is 0 Å². The fourth-order valence-electron chi connectivity index (χ4n) is 3.06. The van der Waals surface area contributed by atoms with Crippen molar-refractivity contribution in [3.63, 3.8) is 0 Å². The highest BCUT2D eigenvalue weighted by Gasteiger charge is 2.24. The summed E-state index contributed by atoms with van der Waals surface area (Å²) in [5.74, 6) is 0.543. The number of nitrogens with two attached hydrogens (primary N) is 1. The smallest absolute Gasteiger partial charge is 0.266 e. The van der Waals surface area contributed by atoms with Crippen molar-refractivity contribution in [2.45, 2.75) is 6.54 Å². The molecule has 3 N–H and O–H groups in total. The molecule has 2 aromatic heterocycles. The van der Waals surface area contributed by atoms with Crippen molar-refractivity contribution < 1.29 is 9.53 Å². The van der Waals surface area contributed by atoms with Crippen LogP contribution in [0.2, 0.25) is 0 Å². The van der Waals surface area contributed by atoms with E-state index in [1.807, 2.05) is 59.2 Å². The van der Waals surface area contributed by atoms with E-state index in [9.17, 15) is 4.79 Å². The van der Waals surface area contributed by atoms with Crippen molar-refractivity contribution in [3.8, 4) is 17.1 Å². The van der Waals surface area contributed by atoms with Crippen LogP contribution in [0.15, 0.2) is 54.6 Å². The molecule has 2 aromatic carbocycles. The molecule has 26 heavy (non-hydrogen) atoms. The predicted octanol–water partition coefficient (Wildman–Crippen LogP) is 2.00. The van der Waals surface area contributed by atoms with E-state index in [0.29, 0.717) is 30.2 Å². The van der Waals surface area contributed by atoms with Gasteiger partial charge in [0.1, 0.15) is 18.1 Å². The number of carbonyl (C=O) groups is 1. The molecule has 130 valence electrons. The Labute approximate surface area is 148 Å². The van der Waals surface area contributed by atoms with Gasteiger partial charge in [-0.15, -0.1) is 10.2 Å². The van der Waals surface area contributed by atoms with Crippen molar-refractivity contribution in [1.82, 2.24) is 25.2 Å². The van der Waals surface area contributed by atoms with Crippen molar-refractivity contribution in [3.05, 3.63) is 60.3 Å². The lowest BCUT2D eigenvalue weighted by Crippen LogP contribution is -2.20. The Morgan fingerprint density at radius 1 is 1.12 bits per heavy atom. The molecular weight excluding hydrogens is 332 g/mol. The van der Waals surface area contributed by atoms with Crippen molar-refractivity contribution in [2.24, 2.45) is 5.73 Å². The molecule has 0 unspecified atom stereocenters. The third-order valence-corrected chi connectivity index (χ3v) is 4.10. The van der Waals surface area contributed by atoms with Gasteiger partial charge in [0.05, 0.1) is 12.1 Å². The van der Waals surface area contributed by atoms with Gasteiger partial charge in [0.15, 0.2) is 0 Å². The highest BCUT2D eigenvalue weighted by molar-refractivity contribution is 6.08. The highest BCUT2D eigenvalue weighted by Crippen LogP contribution is 2.32. The van der Waals surface area contributed by atoms with Crippen LogP contribution in [0.1, 0.15) is 10.5 Å². The number of aromatic nitrogens is 5. The zero-order valence-corrected chi connectivity index (χ0v) is 13.8. The number of H-pyrrole nitrogens is 1. The Morgan fingerprint density at radius 3 is 2.62 bits per heavy atom. The quantitative estimate of drug-likeness (QED) is 0.553. The van der Waals surface area contributed by atoms with Crippen LogP contribution in [0.3, 0.4) is 0 Å². The number of nitrogens with one attached hydrogen (secondary N) is 1. The summed E-state index contributed by atoms with van der Waals surface area (Å²) in [5.41, 5.74) is 7.45. The molecule has 0 spiro atoms. The molecule has 0 fully saturated rings. The number of amides is 1. The zero-order valence-electron chi connectivity index (χ0n) is 13.8. The van der Waals surface area contributed by atoms with Crippen LogP contribution in [0.5, 0.6) is 5.75 Å². The van der Waals surface area contributed by atoms with Crippen molar-refractivity contribution >= 4 is 16.8 Å². The van der Waals surface area contributed by atoms with Crippen LogP contribution in [-0.2, 0) is 6.54 Å². The molecule has 4 aromatic rings. The molecule has 0 aliphatic rings. The van der Waals surface area contributed by atoms with Crippen LogP contribution < -0.4 is 10.5 Å². The first-order chi connectivity index (χ1) is 12.8. The van der Waals surface area contributed by atoms with Crippen molar-refractivity contribution in [1.29, 1.82) is 0 Å². The molecule has 8 nitrogen and oxygen atoms in total. The fourth-order valence-corrected chi connectivity index (χ4v) is 3.06. The maximum absolute atomic E-state index is 12.2. The molecule has 0 radical (unpaired) electrons. The van der Waals surface area contributed by atoms with Crippen LogP contribution in [-0.4, -0.2) is 37.7 Å². The average Bonchev–Trinajstić information content (AvgIpc) is 3.29. The minimum atomic E-state index is -0.555. The molecular formula is C18H16N6O2. The van der Waals surface area contributed by atoms with Gasteiger partial charge in [-0.3, -0.25) is 4.79 Å². The number of nitrogens with zero attached hydrogens (tertiary/aromatic N) is 4. The Kier molecular flexibility index (Phi) is 4.06. The van der Waals surface area contributed by atoms with Crippen LogP contribution in [0.4, 0.5) is 0 Å². The van der Waals surface area contributed by atoms with Gasteiger partial charge in [-0.25, -0.2) is 0 Å². The lowest BCUT2D eigenvalue weighted by Gasteiger charge is -2.11. The maximum atomic E-state index is 12.2. The summed E-state index contributed by atoms with van der Waals surface area (Å²) in [7, 11) is 0. The van der Waals surface area contributed by atoms with Gasteiger partial charge in [-0.2, -0.15) is 5.21 Å². The third-order valence-electron chi connectivity index (χ3n) is 4.10. The second kappa shape index (κ2) is 6.67. The lowest BCUT2D eigenvalue weighted by molar-refractivity contribution is 0.0991. The standard InChI is InChI=1S/C18H16N6O2/c19-17(25)16-15(18-20-22-23-21-18)13-8-4-5-9-14(13)24(16)10-11-26-12-6-2-1-3-7-12/h1-9H,10-11H2,(H2,19,25)(H,20,21,22,23). The maximum Gasteiger partial charge on any atom is 0.266 e. The number of primary amides is 1. The summed E-state index contributed by atoms with van der Waals surface area (Å²) in [6.45, 7) is 0.834. The topological polar surface area (TPSA) is 112 Å². The van der Waals surface area contributed by atoms with Crippen LogP contribution in [0, 0.1) is 0 Å². The van der Waals surface area contributed by atoms with Crippen molar-refractivity contribution in [2.75, 3.05) is 6.61 Å². The summed E-state index contributed by atoms with van der Waals surface area (Å²) in [4.78, 5) is 12.2. The van der Waals surface area contributed by atoms with E-state index in [1.165, 1.54) is 0 Å². The normalized spacial score (nSPS) is 10.9. The van der Waals surface area contributed by atoms with Gasteiger partial charge in [0.25, 0.3) is 5.91 Å². The summed E-state index contributed by atoms with van der Waals surface area (Å²) >= 11 is 0. The Balaban J connectivity index is 1.76. The largest absolute Gasteiger partial charge is 0.492 e. The molecule has 0 saturated heterocycles. The van der Waals surface area contributed by atoms with Gasteiger partial charge < -0.3 is 15.0 Å². The van der Waals surface area contributed by atoms with E-state index in [1.54, 1.807) is 0 Å². The molecule has 1 amide bonds. The molecule has 0 aliphatic carbocycles. The number of benzene rings is 2. The van der Waals surface area contributed by atoms with Gasteiger partial charge in [0, 0.05) is 10.9 Å². The minimum absolute atomic E-state index is 0.331. The second-order valence-corrected chi connectivity index (χ2v) is 5.65. The average molecular weight is 348 g/mol. The van der Waals surface area contributed by atoms with Crippen LogP contribution >= 0.6 is 0 Å². The number of aromatic amines is 1. The predicted molar refractivity (Wildman–Crippen MR) is 95.6 cm³/mol. The zero-order chi connectivity index (χ0) is 17.9. The van der Waals surface area contributed by atoms with Gasteiger partial charge in [-0.1, -0.05) is 36.4 Å². The Morgan fingerprint density at radius 2 is 1.88 bits per heavy atom. The molecule has 4 rings (SSSR count). The van der Waals surface area contributed by atoms with Gasteiger partial charge in [0.2, 0.25) is 5.82 Å². The molecule has 0 bridgehead atoms. The summed E-state index contributed by atoms with van der Waals surface area (Å²) in [6, 6.07) is 17.1. The second-order valence-electron chi connectivity index (χ2n) is 5.65. The van der Waals surface area contributed by atoms with E-state index in [0.717, 1.165) is 16.7 Å². The molecule has 2 heterocycles. The monoisotopic (exact) mass is 348 g/mol. The molecule has 0 atom stereocenters. The summed E-state index contributed by atoms with van der Waals surface area (Å²) in [6.07, 6.45) is 0. The number of hydrogen-bond donors (Lipinski definition) is 2. The number of ether oxygens (including phenoxy) is 1. The first kappa shape index (κ1) is 15.8. The van der Waals surface area contributed by atoms with Crippen LogP contribution in [0.25, 0.3) is 22.3 Å². The van der Waals surface area contributed by atoms with E-state index in [4.69, 9.17) is 10.5 Å². The summed E-state index contributed by atoms with van der Waals surface area (Å²) < 4.78 is 7.61. The number of para-hydroxylation sites is 2. The third kappa shape index (κ3) is 2.77. The molecule has 8 heteroatoms. The lowest BCUT2D eigenvalue weighted by atomic mass is 10.1. The number of tetrazole rings is 1. The first-order valence-corrected chi connectivity index (χ1v) is 8.08. The van der Waals surface area contributed by atoms with Gasteiger partial charge >= 0.3 is 0 Å². The number of carbonyl (C=O) groups excluding carboxylic acids is 1. The van der Waals surface area contributed by atoms with E-state index in [-0.39, 0.29) is 0 Å². The Bertz CT molecular complexity index is 1040. The molecule has 0 aliphatic heterocycles. The van der Waals surface area contributed by atoms with E-state index in [2.05, 4.69) is 20.6 Å². The molecule has 0 saturated carbocycles.